The van der Waals surface area contributed by atoms with Crippen LogP contribution in [0.3, 0.4) is 0 Å². The second-order valence-corrected chi connectivity index (χ2v) is 19.5. The Balaban J connectivity index is 1.90. The van der Waals surface area contributed by atoms with Gasteiger partial charge in [0.25, 0.3) is 0 Å². The Hall–Kier alpha value is -1.95. The number of nitrogens with zero attached hydrogens (tertiary/aromatic N) is 1. The molecule has 0 radical (unpaired) electrons. The average molecular weight is 508 g/mol. The van der Waals surface area contributed by atoms with Crippen molar-refractivity contribution >= 4 is 28.9 Å². The SMILES string of the molecule is Cc1ccc(S(=O)(=O)N2C[C@@H]([Si](C(C)C)(C(C)C)C(C)C)C[C@H]2c2cccc3ccccc23)cc1. The standard InChI is InChI=1S/C30H41NO2SSi/c1-21(2)35(22(3)4,23(5)6)27-19-30(29-14-10-12-25-11-8-9-13-28(25)29)31(20-27)34(32,33)26-17-15-24(7)16-18-26/h8-18,21-23,27,30H,19-20H2,1-7H3/t27-,30-/m0/s1. The van der Waals surface area contributed by atoms with E-state index in [4.69, 9.17) is 0 Å². The van der Waals surface area contributed by atoms with Crippen molar-refractivity contribution in [3.8, 4) is 0 Å². The molecule has 0 bridgehead atoms. The van der Waals surface area contributed by atoms with Crippen molar-refractivity contribution in [2.75, 3.05) is 6.54 Å². The van der Waals surface area contributed by atoms with Crippen LogP contribution in [0.5, 0.6) is 0 Å². The lowest BCUT2D eigenvalue weighted by Crippen LogP contribution is -2.49. The van der Waals surface area contributed by atoms with Crippen LogP contribution in [0.4, 0.5) is 0 Å². The van der Waals surface area contributed by atoms with E-state index in [1.165, 1.54) is 5.39 Å². The number of rotatable bonds is 7. The molecule has 0 unspecified atom stereocenters. The minimum absolute atomic E-state index is 0.152. The zero-order chi connectivity index (χ0) is 25.5. The summed E-state index contributed by atoms with van der Waals surface area (Å²) in [5.41, 5.74) is 4.37. The summed E-state index contributed by atoms with van der Waals surface area (Å²) in [5.74, 6) is 0. The predicted molar refractivity (Wildman–Crippen MR) is 151 cm³/mol. The lowest BCUT2D eigenvalue weighted by molar-refractivity contribution is 0.398. The van der Waals surface area contributed by atoms with Crippen molar-refractivity contribution < 1.29 is 8.42 Å². The molecule has 3 nitrogen and oxygen atoms in total. The maximum atomic E-state index is 14.2. The quantitative estimate of drug-likeness (QED) is 0.301. The van der Waals surface area contributed by atoms with Gasteiger partial charge in [-0.25, -0.2) is 8.42 Å². The molecule has 0 amide bonds. The van der Waals surface area contributed by atoms with Crippen molar-refractivity contribution in [3.05, 3.63) is 77.9 Å². The molecule has 0 N–H and O–H groups in total. The summed E-state index contributed by atoms with van der Waals surface area (Å²) in [4.78, 5) is 0.403. The van der Waals surface area contributed by atoms with Crippen LogP contribution in [0.25, 0.3) is 10.8 Å². The van der Waals surface area contributed by atoms with Gasteiger partial charge in [-0.3, -0.25) is 0 Å². The first-order valence-corrected chi connectivity index (χ1v) is 16.8. The molecule has 0 aliphatic carbocycles. The normalized spacial score (nSPS) is 19.9. The summed E-state index contributed by atoms with van der Waals surface area (Å²) in [5, 5.41) is 2.33. The Kier molecular flexibility index (Phi) is 7.34. The Labute approximate surface area is 213 Å². The van der Waals surface area contributed by atoms with Crippen LogP contribution in [0, 0.1) is 6.92 Å². The minimum Gasteiger partial charge on any atom is -0.207 e. The van der Waals surface area contributed by atoms with Gasteiger partial charge in [0.1, 0.15) is 0 Å². The zero-order valence-electron chi connectivity index (χ0n) is 22.3. The van der Waals surface area contributed by atoms with Crippen LogP contribution in [-0.4, -0.2) is 27.3 Å². The number of hydrogen-bond donors (Lipinski definition) is 0. The largest absolute Gasteiger partial charge is 0.243 e. The summed E-state index contributed by atoms with van der Waals surface area (Å²) in [7, 11) is -5.51. The van der Waals surface area contributed by atoms with Crippen molar-refractivity contribution in [1.29, 1.82) is 0 Å². The van der Waals surface area contributed by atoms with Crippen molar-refractivity contribution in [2.24, 2.45) is 0 Å². The molecule has 2 atom stereocenters. The van der Waals surface area contributed by atoms with Gasteiger partial charge in [0.15, 0.2) is 0 Å². The fourth-order valence-corrected chi connectivity index (χ4v) is 17.3. The topological polar surface area (TPSA) is 37.4 Å². The van der Waals surface area contributed by atoms with Gasteiger partial charge < -0.3 is 0 Å². The first-order valence-electron chi connectivity index (χ1n) is 13.1. The first kappa shape index (κ1) is 26.1. The van der Waals surface area contributed by atoms with Gasteiger partial charge in [-0.2, -0.15) is 4.31 Å². The Morgan fingerprint density at radius 2 is 1.37 bits per heavy atom. The Morgan fingerprint density at radius 1 is 0.800 bits per heavy atom. The summed E-state index contributed by atoms with van der Waals surface area (Å²) >= 11 is 0. The van der Waals surface area contributed by atoms with Gasteiger partial charge in [0, 0.05) is 6.54 Å². The summed E-state index contributed by atoms with van der Waals surface area (Å²) in [6, 6.07) is 21.9. The maximum absolute atomic E-state index is 14.2. The molecule has 1 saturated heterocycles. The van der Waals surface area contributed by atoms with Gasteiger partial charge in [0.2, 0.25) is 10.0 Å². The van der Waals surface area contributed by atoms with E-state index in [0.717, 1.165) is 22.9 Å². The van der Waals surface area contributed by atoms with E-state index < -0.39 is 18.1 Å². The molecule has 5 heteroatoms. The number of aryl methyl sites for hydroxylation is 1. The first-order chi connectivity index (χ1) is 16.5. The maximum Gasteiger partial charge on any atom is 0.243 e. The molecular formula is C30H41NO2SSi. The lowest BCUT2D eigenvalue weighted by atomic mass is 9.98. The molecule has 0 spiro atoms. The number of sulfonamides is 1. The predicted octanol–water partition coefficient (Wildman–Crippen LogP) is 8.33. The van der Waals surface area contributed by atoms with E-state index in [2.05, 4.69) is 84.0 Å². The fourth-order valence-electron chi connectivity index (χ4n) is 7.52. The molecule has 1 heterocycles. The molecule has 35 heavy (non-hydrogen) atoms. The van der Waals surface area contributed by atoms with E-state index in [9.17, 15) is 8.42 Å². The fraction of sp³-hybridized carbons (Fsp3) is 0.467. The van der Waals surface area contributed by atoms with Crippen molar-refractivity contribution in [3.63, 3.8) is 0 Å². The molecule has 1 fully saturated rings. The second kappa shape index (κ2) is 9.83. The molecule has 4 rings (SSSR count). The molecule has 3 aromatic carbocycles. The third-order valence-electron chi connectivity index (χ3n) is 8.77. The van der Waals surface area contributed by atoms with Gasteiger partial charge in [-0.15, -0.1) is 0 Å². The van der Waals surface area contributed by atoms with E-state index in [1.807, 2.05) is 23.4 Å². The van der Waals surface area contributed by atoms with Gasteiger partial charge in [-0.05, 0) is 47.4 Å². The summed E-state index contributed by atoms with van der Waals surface area (Å²) in [6.07, 6.45) is 0.903. The average Bonchev–Trinajstić information content (AvgIpc) is 3.24. The number of hydrogen-bond acceptors (Lipinski definition) is 2. The highest BCUT2D eigenvalue weighted by Crippen LogP contribution is 2.57. The molecule has 1 aliphatic rings. The highest BCUT2D eigenvalue weighted by atomic mass is 32.2. The molecular weight excluding hydrogens is 466 g/mol. The highest BCUT2D eigenvalue weighted by molar-refractivity contribution is 7.89. The van der Waals surface area contributed by atoms with Gasteiger partial charge in [-0.1, -0.05) is 118 Å². The lowest BCUT2D eigenvalue weighted by Gasteiger charge is -2.48. The minimum atomic E-state index is -3.64. The summed E-state index contributed by atoms with van der Waals surface area (Å²) < 4.78 is 30.2. The van der Waals surface area contributed by atoms with Gasteiger partial charge >= 0.3 is 0 Å². The number of fused-ring (bicyclic) bond motifs is 1. The molecule has 3 aromatic rings. The molecule has 188 valence electrons. The third kappa shape index (κ3) is 4.40. The third-order valence-corrected chi connectivity index (χ3v) is 18.5. The van der Waals surface area contributed by atoms with Crippen LogP contribution in [0.15, 0.2) is 71.6 Å². The second-order valence-electron chi connectivity index (χ2n) is 11.4. The Morgan fingerprint density at radius 3 is 1.97 bits per heavy atom. The monoisotopic (exact) mass is 507 g/mol. The van der Waals surface area contributed by atoms with E-state index >= 15 is 0 Å². The van der Waals surface area contributed by atoms with Crippen molar-refractivity contribution in [2.45, 2.75) is 88.0 Å². The van der Waals surface area contributed by atoms with Crippen LogP contribution in [0.1, 0.15) is 65.1 Å². The van der Waals surface area contributed by atoms with Gasteiger partial charge in [0.05, 0.1) is 19.0 Å². The smallest absolute Gasteiger partial charge is 0.207 e. The van der Waals surface area contributed by atoms with E-state index in [-0.39, 0.29) is 6.04 Å². The van der Waals surface area contributed by atoms with Crippen molar-refractivity contribution in [1.82, 2.24) is 4.31 Å². The molecule has 1 aliphatic heterocycles. The van der Waals surface area contributed by atoms with Crippen LogP contribution in [0.2, 0.25) is 22.2 Å². The Bertz CT molecular complexity index is 1250. The molecule has 0 aromatic heterocycles. The summed E-state index contributed by atoms with van der Waals surface area (Å²) in [6.45, 7) is 16.9. The van der Waals surface area contributed by atoms with E-state index in [1.54, 1.807) is 12.1 Å². The highest BCUT2D eigenvalue weighted by Gasteiger charge is 2.54. The van der Waals surface area contributed by atoms with E-state index in [0.29, 0.717) is 33.6 Å². The zero-order valence-corrected chi connectivity index (χ0v) is 24.1. The van der Waals surface area contributed by atoms with Crippen LogP contribution < -0.4 is 0 Å². The number of benzene rings is 3. The molecule has 0 saturated carbocycles. The van der Waals surface area contributed by atoms with Crippen LogP contribution >= 0.6 is 0 Å². The van der Waals surface area contributed by atoms with Crippen LogP contribution in [-0.2, 0) is 10.0 Å².